The quantitative estimate of drug-likeness (QED) is 0.694. The van der Waals surface area contributed by atoms with Gasteiger partial charge < -0.3 is 4.90 Å². The maximum atomic E-state index is 12.1. The fourth-order valence-electron chi connectivity index (χ4n) is 2.32. The Morgan fingerprint density at radius 1 is 1.40 bits per heavy atom. The zero-order valence-electron chi connectivity index (χ0n) is 10.5. The van der Waals surface area contributed by atoms with E-state index in [2.05, 4.69) is 18.7 Å². The van der Waals surface area contributed by atoms with Crippen molar-refractivity contribution in [1.29, 1.82) is 0 Å². The fourth-order valence-corrected chi connectivity index (χ4v) is 2.32. The molecule has 0 radical (unpaired) electrons. The highest BCUT2D eigenvalue weighted by Gasteiger charge is 2.30. The van der Waals surface area contributed by atoms with Crippen LogP contribution < -0.4 is 0 Å². The number of hydrogen-bond donors (Lipinski definition) is 0. The third kappa shape index (κ3) is 3.16. The highest BCUT2D eigenvalue weighted by atomic mass is 16.1. The monoisotopic (exact) mass is 209 g/mol. The van der Waals surface area contributed by atoms with Crippen LogP contribution in [0.25, 0.3) is 0 Å². The van der Waals surface area contributed by atoms with Crippen LogP contribution in [-0.4, -0.2) is 31.3 Å². The molecule has 1 rings (SSSR count). The Labute approximate surface area is 93.3 Å². The van der Waals surface area contributed by atoms with E-state index in [9.17, 15) is 4.79 Å². The molecular weight excluding hydrogens is 186 g/mol. The maximum Gasteiger partial charge on any atom is 0.163 e. The van der Waals surface area contributed by atoms with E-state index in [1.54, 1.807) is 0 Å². The van der Waals surface area contributed by atoms with Crippen molar-refractivity contribution in [1.82, 2.24) is 4.90 Å². The zero-order chi connectivity index (χ0) is 11.4. The summed E-state index contributed by atoms with van der Waals surface area (Å²) in [5.74, 6) is 0.640. The van der Waals surface area contributed by atoms with Crippen molar-refractivity contribution < 1.29 is 4.79 Å². The van der Waals surface area contributed by atoms with Gasteiger partial charge in [0.15, 0.2) is 5.78 Å². The molecule has 0 aliphatic heterocycles. The van der Waals surface area contributed by atoms with E-state index >= 15 is 0 Å². The van der Waals surface area contributed by atoms with Crippen LogP contribution in [0.3, 0.4) is 0 Å². The van der Waals surface area contributed by atoms with E-state index in [-0.39, 0.29) is 5.92 Å². The van der Waals surface area contributed by atoms with Gasteiger partial charge in [-0.3, -0.25) is 4.79 Å². The molecule has 1 aliphatic carbocycles. The number of ketones is 1. The second-order valence-corrected chi connectivity index (χ2v) is 4.89. The lowest BCUT2D eigenvalue weighted by atomic mass is 10.0. The summed E-state index contributed by atoms with van der Waals surface area (Å²) in [4.78, 5) is 14.2. The predicted molar refractivity (Wildman–Crippen MR) is 63.9 cm³/mol. The molecule has 0 saturated carbocycles. The van der Waals surface area contributed by atoms with Crippen LogP contribution in [-0.2, 0) is 4.79 Å². The van der Waals surface area contributed by atoms with Crippen molar-refractivity contribution in [3.63, 3.8) is 0 Å². The average molecular weight is 209 g/mol. The van der Waals surface area contributed by atoms with Gasteiger partial charge in [-0.25, -0.2) is 0 Å². The van der Waals surface area contributed by atoms with Crippen LogP contribution in [0.4, 0.5) is 0 Å². The van der Waals surface area contributed by atoms with Gasteiger partial charge in [-0.05, 0) is 45.9 Å². The van der Waals surface area contributed by atoms with Gasteiger partial charge in [0.25, 0.3) is 0 Å². The van der Waals surface area contributed by atoms with Crippen molar-refractivity contribution in [2.75, 3.05) is 20.6 Å². The van der Waals surface area contributed by atoms with Gasteiger partial charge in [0.05, 0.1) is 0 Å². The molecule has 2 nitrogen and oxygen atoms in total. The van der Waals surface area contributed by atoms with Crippen LogP contribution in [0.1, 0.15) is 39.5 Å². The normalized spacial score (nSPS) is 21.9. The fraction of sp³-hybridized carbons (Fsp3) is 0.769. The molecule has 0 saturated heterocycles. The molecule has 0 aromatic carbocycles. The Kier molecular flexibility index (Phi) is 4.52. The summed E-state index contributed by atoms with van der Waals surface area (Å²) in [7, 11) is 4.07. The molecule has 0 spiro atoms. The Bertz CT molecular complexity index is 266. The number of nitrogens with zero attached hydrogens (tertiary/aromatic N) is 1. The highest BCUT2D eigenvalue weighted by molar-refractivity contribution is 6.00. The topological polar surface area (TPSA) is 20.3 Å². The van der Waals surface area contributed by atoms with Crippen LogP contribution in [0, 0.1) is 5.92 Å². The Balaban J connectivity index is 2.58. The minimum Gasteiger partial charge on any atom is -0.309 e. The van der Waals surface area contributed by atoms with Gasteiger partial charge in [-0.15, -0.1) is 0 Å². The van der Waals surface area contributed by atoms with E-state index in [0.29, 0.717) is 5.78 Å². The highest BCUT2D eigenvalue weighted by Crippen LogP contribution is 2.31. The number of rotatable bonds is 5. The number of carbonyl (C=O) groups excluding carboxylic acids is 1. The summed E-state index contributed by atoms with van der Waals surface area (Å²) in [6, 6.07) is 0. The number of unbranched alkanes of at least 4 members (excludes halogenated alkanes) is 1. The van der Waals surface area contributed by atoms with Gasteiger partial charge >= 0.3 is 0 Å². The van der Waals surface area contributed by atoms with E-state index in [4.69, 9.17) is 0 Å². The second kappa shape index (κ2) is 5.45. The Hall–Kier alpha value is -0.630. The van der Waals surface area contributed by atoms with E-state index < -0.39 is 0 Å². The first-order chi connectivity index (χ1) is 7.06. The molecule has 0 aromatic heterocycles. The third-order valence-electron chi connectivity index (χ3n) is 3.10. The number of Topliss-reactive ketones (excluding diaryl/α,β-unsaturated/α-hetero) is 1. The molecule has 0 bridgehead atoms. The Morgan fingerprint density at radius 3 is 2.60 bits per heavy atom. The zero-order valence-corrected chi connectivity index (χ0v) is 10.5. The molecule has 1 atom stereocenters. The summed E-state index contributed by atoms with van der Waals surface area (Å²) in [5.41, 5.74) is 2.46. The number of allylic oxidation sites excluding steroid dienone is 2. The largest absolute Gasteiger partial charge is 0.309 e. The minimum absolute atomic E-state index is 0.229. The lowest BCUT2D eigenvalue weighted by Crippen LogP contribution is -2.25. The minimum atomic E-state index is 0.229. The van der Waals surface area contributed by atoms with Gasteiger partial charge in [-0.2, -0.15) is 0 Å². The molecule has 0 N–H and O–H groups in total. The summed E-state index contributed by atoms with van der Waals surface area (Å²) in [5, 5.41) is 0. The molecule has 0 aromatic rings. The molecule has 0 heterocycles. The maximum absolute atomic E-state index is 12.1. The van der Waals surface area contributed by atoms with E-state index in [0.717, 1.165) is 31.4 Å². The SMILES string of the molecule is CCCCC1=C(C)CC(CN(C)C)C1=O. The lowest BCUT2D eigenvalue weighted by molar-refractivity contribution is -0.118. The second-order valence-electron chi connectivity index (χ2n) is 4.89. The average Bonchev–Trinajstić information content (AvgIpc) is 2.39. The molecular formula is C13H23NO. The lowest BCUT2D eigenvalue weighted by Gasteiger charge is -2.15. The molecule has 0 fully saturated rings. The van der Waals surface area contributed by atoms with Gasteiger partial charge in [0.1, 0.15) is 0 Å². The van der Waals surface area contributed by atoms with Crippen molar-refractivity contribution >= 4 is 5.78 Å². The van der Waals surface area contributed by atoms with Crippen LogP contribution in [0.5, 0.6) is 0 Å². The van der Waals surface area contributed by atoms with Crippen LogP contribution in [0.2, 0.25) is 0 Å². The number of hydrogen-bond acceptors (Lipinski definition) is 2. The molecule has 15 heavy (non-hydrogen) atoms. The van der Waals surface area contributed by atoms with E-state index in [1.807, 2.05) is 14.1 Å². The van der Waals surface area contributed by atoms with Crippen LogP contribution in [0.15, 0.2) is 11.1 Å². The molecule has 86 valence electrons. The first-order valence-electron chi connectivity index (χ1n) is 5.93. The first kappa shape index (κ1) is 12.4. The van der Waals surface area contributed by atoms with E-state index in [1.165, 1.54) is 12.0 Å². The molecule has 0 amide bonds. The Morgan fingerprint density at radius 2 is 2.07 bits per heavy atom. The van der Waals surface area contributed by atoms with Crippen molar-refractivity contribution in [2.24, 2.45) is 5.92 Å². The predicted octanol–water partition coefficient (Wildman–Crippen LogP) is 2.64. The van der Waals surface area contributed by atoms with Gasteiger partial charge in [-0.1, -0.05) is 18.9 Å². The van der Waals surface area contributed by atoms with Crippen LogP contribution >= 0.6 is 0 Å². The third-order valence-corrected chi connectivity index (χ3v) is 3.10. The number of carbonyl (C=O) groups is 1. The summed E-state index contributed by atoms with van der Waals surface area (Å²) in [6.45, 7) is 5.19. The summed E-state index contributed by atoms with van der Waals surface area (Å²) >= 11 is 0. The standard InChI is InChI=1S/C13H23NO/c1-5-6-7-12-10(2)8-11(13(12)15)9-14(3)4/h11H,5-9H2,1-4H3. The van der Waals surface area contributed by atoms with Crippen molar-refractivity contribution in [2.45, 2.75) is 39.5 Å². The van der Waals surface area contributed by atoms with Crippen molar-refractivity contribution in [3.8, 4) is 0 Å². The summed E-state index contributed by atoms with van der Waals surface area (Å²) < 4.78 is 0. The van der Waals surface area contributed by atoms with Gasteiger partial charge in [0, 0.05) is 12.5 Å². The first-order valence-corrected chi connectivity index (χ1v) is 5.93. The van der Waals surface area contributed by atoms with Gasteiger partial charge in [0.2, 0.25) is 0 Å². The molecule has 1 unspecified atom stereocenters. The van der Waals surface area contributed by atoms with Crippen molar-refractivity contribution in [3.05, 3.63) is 11.1 Å². The molecule has 2 heteroatoms. The summed E-state index contributed by atoms with van der Waals surface area (Å²) in [6.07, 6.45) is 4.29. The molecule has 1 aliphatic rings. The smallest absolute Gasteiger partial charge is 0.163 e.